The summed E-state index contributed by atoms with van der Waals surface area (Å²) in [5.41, 5.74) is 1.84. The lowest BCUT2D eigenvalue weighted by molar-refractivity contribution is -0.385. The molecular weight excluding hydrogens is 424 g/mol. The summed E-state index contributed by atoms with van der Waals surface area (Å²) >= 11 is 7.99. The number of nitrogens with zero attached hydrogens (tertiary/aromatic N) is 1. The Bertz CT molecular complexity index is 724. The van der Waals surface area contributed by atoms with Gasteiger partial charge in [0, 0.05) is 16.1 Å². The van der Waals surface area contributed by atoms with Crippen molar-refractivity contribution in [3.63, 3.8) is 0 Å². The highest BCUT2D eigenvalue weighted by Crippen LogP contribution is 2.32. The van der Waals surface area contributed by atoms with E-state index < -0.39 is 4.92 Å². The molecule has 110 valence electrons. The van der Waals surface area contributed by atoms with Gasteiger partial charge in [-0.15, -0.1) is 11.3 Å². The molecule has 2 rings (SSSR count). The van der Waals surface area contributed by atoms with Crippen LogP contribution in [0.5, 0.6) is 0 Å². The molecule has 0 radical (unpaired) electrons. The van der Waals surface area contributed by atoms with E-state index in [1.165, 1.54) is 17.4 Å². The summed E-state index contributed by atoms with van der Waals surface area (Å²) < 4.78 is 1.49. The summed E-state index contributed by atoms with van der Waals surface area (Å²) in [5.74, 6) is -0.298. The van der Waals surface area contributed by atoms with Gasteiger partial charge in [0.15, 0.2) is 0 Å². The van der Waals surface area contributed by atoms with Crippen LogP contribution in [0.3, 0.4) is 0 Å². The van der Waals surface area contributed by atoms with Crippen molar-refractivity contribution in [3.8, 4) is 0 Å². The second kappa shape index (κ2) is 6.25. The molecule has 2 aromatic rings. The minimum absolute atomic E-state index is 0.0305. The van der Waals surface area contributed by atoms with Crippen molar-refractivity contribution in [2.24, 2.45) is 0 Å². The number of amides is 1. The van der Waals surface area contributed by atoms with E-state index in [9.17, 15) is 14.9 Å². The Kier molecular flexibility index (Phi) is 4.80. The number of thiophene rings is 1. The third-order valence-electron chi connectivity index (χ3n) is 2.81. The van der Waals surface area contributed by atoms with Crippen LogP contribution in [-0.2, 0) is 0 Å². The lowest BCUT2D eigenvalue weighted by atomic mass is 10.2. The molecular formula is C13H10Br2N2O3S. The molecule has 0 aliphatic carbocycles. The maximum atomic E-state index is 12.2. The zero-order chi connectivity index (χ0) is 15.7. The molecule has 1 aromatic carbocycles. The average molecular weight is 434 g/mol. The maximum absolute atomic E-state index is 12.2. The molecule has 1 N–H and O–H groups in total. The Labute approximate surface area is 141 Å². The van der Waals surface area contributed by atoms with Crippen molar-refractivity contribution in [2.75, 3.05) is 5.32 Å². The zero-order valence-electron chi connectivity index (χ0n) is 11.1. The van der Waals surface area contributed by atoms with Crippen LogP contribution in [0.1, 0.15) is 20.8 Å². The smallest absolute Gasteiger partial charge is 0.274 e. The molecule has 1 aromatic heterocycles. The van der Waals surface area contributed by atoms with Crippen LogP contribution in [-0.4, -0.2) is 10.8 Å². The van der Waals surface area contributed by atoms with Crippen LogP contribution >= 0.6 is 43.2 Å². The van der Waals surface area contributed by atoms with Crippen LogP contribution in [0.2, 0.25) is 0 Å². The number of carbonyl (C=O) groups excluding carboxylic acids is 1. The second-order valence-electron chi connectivity index (χ2n) is 4.40. The van der Waals surface area contributed by atoms with Gasteiger partial charge in [0.2, 0.25) is 0 Å². The standard InChI is InChI=1S/C13H10Br2N2O3S/c1-6-3-8(14)9(5-10(6)17(19)20)16-13(18)11-4-7(2)12(15)21-11/h3-5H,1-2H3,(H,16,18). The van der Waals surface area contributed by atoms with Crippen molar-refractivity contribution in [1.29, 1.82) is 0 Å². The molecule has 1 amide bonds. The number of nitrogens with one attached hydrogen (secondary N) is 1. The average Bonchev–Trinajstić information content (AvgIpc) is 2.72. The molecule has 0 atom stereocenters. The van der Waals surface area contributed by atoms with Crippen molar-refractivity contribution in [1.82, 2.24) is 0 Å². The number of anilines is 1. The second-order valence-corrected chi connectivity index (χ2v) is 7.62. The molecule has 1 heterocycles. The number of benzene rings is 1. The molecule has 0 spiro atoms. The Morgan fingerprint density at radius 2 is 1.90 bits per heavy atom. The van der Waals surface area contributed by atoms with E-state index in [2.05, 4.69) is 37.2 Å². The summed E-state index contributed by atoms with van der Waals surface area (Å²) in [6.45, 7) is 3.54. The van der Waals surface area contributed by atoms with Gasteiger partial charge in [0.1, 0.15) is 0 Å². The van der Waals surface area contributed by atoms with E-state index in [-0.39, 0.29) is 11.6 Å². The van der Waals surface area contributed by atoms with E-state index in [4.69, 9.17) is 0 Å². The largest absolute Gasteiger partial charge is 0.320 e. The summed E-state index contributed by atoms with van der Waals surface area (Å²) in [4.78, 5) is 23.2. The number of hydrogen-bond donors (Lipinski definition) is 1. The highest BCUT2D eigenvalue weighted by molar-refractivity contribution is 9.11. The van der Waals surface area contributed by atoms with E-state index in [1.54, 1.807) is 19.1 Å². The lowest BCUT2D eigenvalue weighted by Gasteiger charge is -2.07. The summed E-state index contributed by atoms with van der Waals surface area (Å²) in [7, 11) is 0. The van der Waals surface area contributed by atoms with Gasteiger partial charge in [-0.05, 0) is 63.4 Å². The van der Waals surface area contributed by atoms with Crippen molar-refractivity contribution in [2.45, 2.75) is 13.8 Å². The Hall–Kier alpha value is -1.25. The van der Waals surface area contributed by atoms with Gasteiger partial charge in [-0.2, -0.15) is 0 Å². The normalized spacial score (nSPS) is 10.5. The first-order valence-electron chi connectivity index (χ1n) is 5.81. The Balaban J connectivity index is 2.33. The van der Waals surface area contributed by atoms with Gasteiger partial charge < -0.3 is 5.32 Å². The van der Waals surface area contributed by atoms with Gasteiger partial charge >= 0.3 is 0 Å². The van der Waals surface area contributed by atoms with E-state index in [0.29, 0.717) is 20.6 Å². The third-order valence-corrected chi connectivity index (χ3v) is 5.60. The topological polar surface area (TPSA) is 72.2 Å². The Morgan fingerprint density at radius 1 is 1.24 bits per heavy atom. The van der Waals surface area contributed by atoms with Gasteiger partial charge in [0.25, 0.3) is 11.6 Å². The van der Waals surface area contributed by atoms with Crippen LogP contribution < -0.4 is 5.32 Å². The maximum Gasteiger partial charge on any atom is 0.274 e. The number of rotatable bonds is 3. The van der Waals surface area contributed by atoms with Crippen LogP contribution in [0.25, 0.3) is 0 Å². The fourth-order valence-corrected chi connectivity index (χ4v) is 3.70. The fourth-order valence-electron chi connectivity index (χ4n) is 1.71. The quantitative estimate of drug-likeness (QED) is 0.543. The van der Waals surface area contributed by atoms with E-state index in [1.807, 2.05) is 6.92 Å². The summed E-state index contributed by atoms with van der Waals surface area (Å²) in [6.07, 6.45) is 0. The predicted octanol–water partition coefficient (Wildman–Crippen LogP) is 5.05. The summed E-state index contributed by atoms with van der Waals surface area (Å²) in [6, 6.07) is 4.73. The number of hydrogen-bond acceptors (Lipinski definition) is 4. The molecule has 5 nitrogen and oxygen atoms in total. The first kappa shape index (κ1) is 16.1. The van der Waals surface area contributed by atoms with Gasteiger partial charge in [0.05, 0.1) is 19.3 Å². The number of carbonyl (C=O) groups is 1. The predicted molar refractivity (Wildman–Crippen MR) is 90.2 cm³/mol. The Morgan fingerprint density at radius 3 is 2.43 bits per heavy atom. The van der Waals surface area contributed by atoms with Crippen molar-refractivity contribution < 1.29 is 9.72 Å². The van der Waals surface area contributed by atoms with Crippen LogP contribution in [0.4, 0.5) is 11.4 Å². The van der Waals surface area contributed by atoms with Crippen LogP contribution in [0.15, 0.2) is 26.5 Å². The number of nitro groups is 1. The molecule has 0 fully saturated rings. The van der Waals surface area contributed by atoms with E-state index in [0.717, 1.165) is 9.35 Å². The molecule has 21 heavy (non-hydrogen) atoms. The molecule has 0 aliphatic heterocycles. The minimum Gasteiger partial charge on any atom is -0.320 e. The first-order chi connectivity index (χ1) is 9.79. The first-order valence-corrected chi connectivity index (χ1v) is 8.21. The van der Waals surface area contributed by atoms with Gasteiger partial charge in [-0.3, -0.25) is 14.9 Å². The molecule has 0 unspecified atom stereocenters. The zero-order valence-corrected chi connectivity index (χ0v) is 15.1. The van der Waals surface area contributed by atoms with Gasteiger partial charge in [-0.25, -0.2) is 0 Å². The van der Waals surface area contributed by atoms with E-state index >= 15 is 0 Å². The minimum atomic E-state index is -0.469. The monoisotopic (exact) mass is 432 g/mol. The third kappa shape index (κ3) is 3.50. The molecule has 8 heteroatoms. The van der Waals surface area contributed by atoms with Crippen molar-refractivity contribution >= 4 is 60.5 Å². The fraction of sp³-hybridized carbons (Fsp3) is 0.154. The molecule has 0 saturated carbocycles. The molecule has 0 bridgehead atoms. The number of nitro benzene ring substituents is 1. The van der Waals surface area contributed by atoms with Crippen molar-refractivity contribution in [3.05, 3.63) is 52.6 Å². The van der Waals surface area contributed by atoms with Gasteiger partial charge in [-0.1, -0.05) is 0 Å². The summed E-state index contributed by atoms with van der Waals surface area (Å²) in [5, 5.41) is 13.7. The lowest BCUT2D eigenvalue weighted by Crippen LogP contribution is -2.11. The number of aryl methyl sites for hydroxylation is 2. The SMILES string of the molecule is Cc1cc(Br)c(NC(=O)c2cc(C)c(Br)s2)cc1[N+](=O)[O-]. The highest BCUT2D eigenvalue weighted by atomic mass is 79.9. The molecule has 0 saturated heterocycles. The highest BCUT2D eigenvalue weighted by Gasteiger charge is 2.17. The van der Waals surface area contributed by atoms with Crippen LogP contribution in [0, 0.1) is 24.0 Å². The molecule has 0 aliphatic rings. The number of halogens is 2.